The Labute approximate surface area is 171 Å². The standard InChI is InChI=1S/C21H19N5O2S/c1-14(16-7-6-15-4-2-3-5-17(15)12-16)22-20(28)13-29-21-23-24-25-26(21)18-8-10-19(27)11-9-18/h2-12,14,27H,13H2,1H3,(H,22,28). The normalized spacial score (nSPS) is 12.0. The Balaban J connectivity index is 1.39. The number of phenols is 1. The van der Waals surface area contributed by atoms with Gasteiger partial charge in [-0.3, -0.25) is 4.79 Å². The number of nitrogens with zero attached hydrogens (tertiary/aromatic N) is 4. The predicted octanol–water partition coefficient (Wildman–Crippen LogP) is 3.49. The van der Waals surface area contributed by atoms with Crippen LogP contribution in [0.4, 0.5) is 0 Å². The van der Waals surface area contributed by atoms with E-state index in [9.17, 15) is 9.90 Å². The van der Waals surface area contributed by atoms with Gasteiger partial charge in [0, 0.05) is 0 Å². The second-order valence-electron chi connectivity index (χ2n) is 6.57. The van der Waals surface area contributed by atoms with Crippen LogP contribution in [-0.2, 0) is 4.79 Å². The fourth-order valence-corrected chi connectivity index (χ4v) is 3.70. The molecule has 0 saturated heterocycles. The lowest BCUT2D eigenvalue weighted by Crippen LogP contribution is -2.28. The van der Waals surface area contributed by atoms with Crippen molar-refractivity contribution < 1.29 is 9.90 Å². The van der Waals surface area contributed by atoms with Gasteiger partial charge in [-0.2, -0.15) is 4.68 Å². The van der Waals surface area contributed by atoms with E-state index in [4.69, 9.17) is 0 Å². The van der Waals surface area contributed by atoms with Crippen molar-refractivity contribution in [1.29, 1.82) is 0 Å². The van der Waals surface area contributed by atoms with Crippen molar-refractivity contribution in [2.45, 2.75) is 18.1 Å². The van der Waals surface area contributed by atoms with E-state index in [1.165, 1.54) is 21.8 Å². The molecule has 1 amide bonds. The molecule has 0 fully saturated rings. The molecule has 0 aliphatic carbocycles. The van der Waals surface area contributed by atoms with E-state index < -0.39 is 0 Å². The highest BCUT2D eigenvalue weighted by molar-refractivity contribution is 7.99. The smallest absolute Gasteiger partial charge is 0.230 e. The Hall–Kier alpha value is -3.39. The summed E-state index contributed by atoms with van der Waals surface area (Å²) in [4.78, 5) is 12.4. The summed E-state index contributed by atoms with van der Waals surface area (Å²) in [5, 5.41) is 26.9. The van der Waals surface area contributed by atoms with Crippen LogP contribution in [-0.4, -0.2) is 37.0 Å². The van der Waals surface area contributed by atoms with Gasteiger partial charge in [0.1, 0.15) is 5.75 Å². The van der Waals surface area contributed by atoms with Crippen LogP contribution in [0.5, 0.6) is 5.75 Å². The summed E-state index contributed by atoms with van der Waals surface area (Å²) in [6.45, 7) is 1.97. The molecule has 1 atom stereocenters. The number of aromatic nitrogens is 4. The van der Waals surface area contributed by atoms with Crippen molar-refractivity contribution >= 4 is 28.4 Å². The lowest BCUT2D eigenvalue weighted by molar-refractivity contribution is -0.119. The van der Waals surface area contributed by atoms with Crippen molar-refractivity contribution in [2.24, 2.45) is 0 Å². The number of hydrogen-bond donors (Lipinski definition) is 2. The van der Waals surface area contributed by atoms with Gasteiger partial charge in [-0.1, -0.05) is 48.2 Å². The van der Waals surface area contributed by atoms with E-state index in [1.807, 2.05) is 25.1 Å². The third-order valence-corrected chi connectivity index (χ3v) is 5.44. The molecule has 1 aromatic heterocycles. The average molecular weight is 405 g/mol. The van der Waals surface area contributed by atoms with Gasteiger partial charge in [0.25, 0.3) is 0 Å². The minimum absolute atomic E-state index is 0.101. The van der Waals surface area contributed by atoms with Crippen molar-refractivity contribution in [3.8, 4) is 11.4 Å². The SMILES string of the molecule is CC(NC(=O)CSc1nnnn1-c1ccc(O)cc1)c1ccc2ccccc2c1. The number of phenolic OH excluding ortho intramolecular Hbond substituents is 1. The fraction of sp³-hybridized carbons (Fsp3) is 0.143. The highest BCUT2D eigenvalue weighted by Gasteiger charge is 2.14. The summed E-state index contributed by atoms with van der Waals surface area (Å²) in [5.74, 6) is 0.255. The van der Waals surface area contributed by atoms with Crippen LogP contribution in [0, 0.1) is 0 Å². The third-order valence-electron chi connectivity index (χ3n) is 4.52. The molecule has 8 heteroatoms. The first-order valence-electron chi connectivity index (χ1n) is 9.09. The zero-order valence-electron chi connectivity index (χ0n) is 15.7. The average Bonchev–Trinajstić information content (AvgIpc) is 3.21. The van der Waals surface area contributed by atoms with E-state index in [2.05, 4.69) is 45.1 Å². The maximum Gasteiger partial charge on any atom is 0.230 e. The number of nitrogens with one attached hydrogen (secondary N) is 1. The number of carbonyl (C=O) groups is 1. The summed E-state index contributed by atoms with van der Waals surface area (Å²) in [7, 11) is 0. The number of tetrazole rings is 1. The minimum Gasteiger partial charge on any atom is -0.508 e. The van der Waals surface area contributed by atoms with Crippen molar-refractivity contribution in [2.75, 3.05) is 5.75 Å². The molecule has 0 spiro atoms. The van der Waals surface area contributed by atoms with E-state index in [0.29, 0.717) is 10.8 Å². The largest absolute Gasteiger partial charge is 0.508 e. The van der Waals surface area contributed by atoms with Crippen LogP contribution in [0.2, 0.25) is 0 Å². The maximum absolute atomic E-state index is 12.4. The van der Waals surface area contributed by atoms with Gasteiger partial charge >= 0.3 is 0 Å². The maximum atomic E-state index is 12.4. The molecule has 0 bridgehead atoms. The summed E-state index contributed by atoms with van der Waals surface area (Å²) >= 11 is 1.25. The molecule has 0 saturated carbocycles. The quantitative estimate of drug-likeness (QED) is 0.477. The lowest BCUT2D eigenvalue weighted by Gasteiger charge is -2.15. The summed E-state index contributed by atoms with van der Waals surface area (Å²) in [6, 6.07) is 20.8. The molecule has 0 radical (unpaired) electrons. The highest BCUT2D eigenvalue weighted by Crippen LogP contribution is 2.22. The number of benzene rings is 3. The van der Waals surface area contributed by atoms with Crippen LogP contribution < -0.4 is 5.32 Å². The monoisotopic (exact) mass is 405 g/mol. The van der Waals surface area contributed by atoms with Gasteiger partial charge in [0.05, 0.1) is 17.5 Å². The molecule has 1 heterocycles. The first kappa shape index (κ1) is 18.9. The van der Waals surface area contributed by atoms with Gasteiger partial charge in [-0.15, -0.1) is 5.10 Å². The summed E-state index contributed by atoms with van der Waals surface area (Å²) in [5.41, 5.74) is 1.76. The Morgan fingerprint density at radius 3 is 2.66 bits per heavy atom. The molecule has 0 aliphatic rings. The van der Waals surface area contributed by atoms with Crippen molar-refractivity contribution in [3.63, 3.8) is 0 Å². The van der Waals surface area contributed by atoms with Crippen LogP contribution >= 0.6 is 11.8 Å². The summed E-state index contributed by atoms with van der Waals surface area (Å²) < 4.78 is 1.53. The molecule has 7 nitrogen and oxygen atoms in total. The molecule has 3 aromatic carbocycles. The summed E-state index contributed by atoms with van der Waals surface area (Å²) in [6.07, 6.45) is 0. The fourth-order valence-electron chi connectivity index (χ4n) is 3.00. The molecule has 0 aliphatic heterocycles. The number of thioether (sulfide) groups is 1. The Bertz CT molecular complexity index is 1140. The molecule has 29 heavy (non-hydrogen) atoms. The van der Waals surface area contributed by atoms with E-state index in [1.54, 1.807) is 24.3 Å². The number of amides is 1. The molecule has 1 unspecified atom stereocenters. The van der Waals surface area contributed by atoms with Crippen LogP contribution in [0.3, 0.4) is 0 Å². The third kappa shape index (κ3) is 4.38. The molecule has 4 aromatic rings. The zero-order valence-corrected chi connectivity index (χ0v) is 16.5. The van der Waals surface area contributed by atoms with Crippen molar-refractivity contribution in [1.82, 2.24) is 25.5 Å². The number of carbonyl (C=O) groups excluding carboxylic acids is 1. The molecular weight excluding hydrogens is 386 g/mol. The first-order valence-corrected chi connectivity index (χ1v) is 10.1. The topological polar surface area (TPSA) is 92.9 Å². The number of rotatable bonds is 6. The zero-order chi connectivity index (χ0) is 20.2. The van der Waals surface area contributed by atoms with Crippen LogP contribution in [0.1, 0.15) is 18.5 Å². The van der Waals surface area contributed by atoms with Crippen LogP contribution in [0.15, 0.2) is 71.9 Å². The number of hydrogen-bond acceptors (Lipinski definition) is 6. The number of fused-ring (bicyclic) bond motifs is 1. The van der Waals surface area contributed by atoms with E-state index >= 15 is 0 Å². The second kappa shape index (κ2) is 8.32. The Morgan fingerprint density at radius 1 is 1.10 bits per heavy atom. The molecule has 4 rings (SSSR count). The lowest BCUT2D eigenvalue weighted by atomic mass is 10.0. The minimum atomic E-state index is -0.110. The second-order valence-corrected chi connectivity index (χ2v) is 7.52. The van der Waals surface area contributed by atoms with E-state index in [0.717, 1.165) is 10.9 Å². The van der Waals surface area contributed by atoms with Crippen molar-refractivity contribution in [3.05, 3.63) is 72.3 Å². The molecule has 2 N–H and O–H groups in total. The predicted molar refractivity (Wildman–Crippen MR) is 112 cm³/mol. The Kier molecular flexibility index (Phi) is 5.44. The number of aromatic hydroxyl groups is 1. The Morgan fingerprint density at radius 2 is 1.86 bits per heavy atom. The van der Waals surface area contributed by atoms with Gasteiger partial charge in [0.2, 0.25) is 11.1 Å². The van der Waals surface area contributed by atoms with Gasteiger partial charge in [-0.05, 0) is 64.0 Å². The first-order chi connectivity index (χ1) is 14.1. The van der Waals surface area contributed by atoms with Gasteiger partial charge in [-0.25, -0.2) is 0 Å². The molecular formula is C21H19N5O2S. The van der Waals surface area contributed by atoms with Gasteiger partial charge in [0.15, 0.2) is 0 Å². The van der Waals surface area contributed by atoms with Crippen LogP contribution in [0.25, 0.3) is 16.5 Å². The molecule has 146 valence electrons. The highest BCUT2D eigenvalue weighted by atomic mass is 32.2. The van der Waals surface area contributed by atoms with E-state index in [-0.39, 0.29) is 23.5 Å². The van der Waals surface area contributed by atoms with Gasteiger partial charge < -0.3 is 10.4 Å².